The van der Waals surface area contributed by atoms with E-state index in [1.54, 1.807) is 19.1 Å². The standard InChI is InChI=1S/C29H23ClF4N4O5S/c1-17(27-22(30)6-3-7-23(27)31)12-18-8-9-26-25(13-18)38(44(41,42)21-5-2-4-19(14-21)29(32,33)34)15-20(43-26)10-11-37-16-24(28(39)40)35-36-37/h2-9,12-14,16,20H,10-11,15H2,1H3,(H,39,40). The zero-order valence-corrected chi connectivity index (χ0v) is 24.4. The SMILES string of the molecule is CC(=Cc1ccc2c(c1)N(S(=O)(=O)c1cccc(C(F)(F)F)c1)CC(CCn1cc(C(=O)O)nn1)O2)c1c(F)cccc1Cl. The Morgan fingerprint density at radius 2 is 1.91 bits per heavy atom. The zero-order valence-electron chi connectivity index (χ0n) is 22.8. The summed E-state index contributed by atoms with van der Waals surface area (Å²) in [5.41, 5.74) is -0.275. The van der Waals surface area contributed by atoms with E-state index in [4.69, 9.17) is 21.4 Å². The van der Waals surface area contributed by atoms with Gasteiger partial charge in [-0.1, -0.05) is 41.1 Å². The minimum atomic E-state index is -4.77. The van der Waals surface area contributed by atoms with Crippen molar-refractivity contribution in [3.63, 3.8) is 0 Å². The Labute approximate surface area is 254 Å². The Kier molecular flexibility index (Phi) is 8.40. The molecule has 1 atom stereocenters. The number of rotatable bonds is 8. The molecule has 1 unspecified atom stereocenters. The molecule has 15 heteroatoms. The number of hydrogen-bond donors (Lipinski definition) is 1. The molecule has 0 saturated heterocycles. The number of halogens is 5. The van der Waals surface area contributed by atoms with Crippen LogP contribution in [-0.2, 0) is 22.7 Å². The van der Waals surface area contributed by atoms with Crippen LogP contribution in [0, 0.1) is 5.82 Å². The molecule has 2 heterocycles. The van der Waals surface area contributed by atoms with Crippen molar-refractivity contribution in [2.75, 3.05) is 10.8 Å². The lowest BCUT2D eigenvalue weighted by atomic mass is 10.0. The second-order valence-corrected chi connectivity index (χ2v) is 12.2. The van der Waals surface area contributed by atoms with E-state index in [0.717, 1.165) is 22.5 Å². The highest BCUT2D eigenvalue weighted by Crippen LogP contribution is 2.40. The summed E-state index contributed by atoms with van der Waals surface area (Å²) in [5.74, 6) is -1.68. The number of aromatic nitrogens is 3. The molecular formula is C29H23ClF4N4O5S. The Hall–Kier alpha value is -4.43. The van der Waals surface area contributed by atoms with Gasteiger partial charge in [0.25, 0.3) is 10.0 Å². The maximum atomic E-state index is 14.5. The second-order valence-electron chi connectivity index (χ2n) is 9.91. The monoisotopic (exact) mass is 650 g/mol. The summed E-state index contributed by atoms with van der Waals surface area (Å²) < 4.78 is 91.0. The van der Waals surface area contributed by atoms with Crippen molar-refractivity contribution in [3.05, 3.63) is 100 Å². The normalized spacial score (nSPS) is 15.5. The highest BCUT2D eigenvalue weighted by Gasteiger charge is 2.37. The molecule has 230 valence electrons. The first-order chi connectivity index (χ1) is 20.7. The molecule has 5 rings (SSSR count). The lowest BCUT2D eigenvalue weighted by molar-refractivity contribution is -0.137. The number of allylic oxidation sites excluding steroid dienone is 1. The third-order valence-electron chi connectivity index (χ3n) is 6.84. The molecule has 0 saturated carbocycles. The van der Waals surface area contributed by atoms with E-state index in [2.05, 4.69) is 10.3 Å². The lowest BCUT2D eigenvalue weighted by Gasteiger charge is -2.36. The predicted octanol–water partition coefficient (Wildman–Crippen LogP) is 6.39. The number of sulfonamides is 1. The Morgan fingerprint density at radius 3 is 2.59 bits per heavy atom. The number of anilines is 1. The summed E-state index contributed by atoms with van der Waals surface area (Å²) in [6.07, 6.45) is -2.60. The fourth-order valence-corrected chi connectivity index (χ4v) is 6.59. The van der Waals surface area contributed by atoms with Gasteiger partial charge in [-0.05, 0) is 60.5 Å². The van der Waals surface area contributed by atoms with Gasteiger partial charge in [-0.3, -0.25) is 8.99 Å². The summed E-state index contributed by atoms with van der Waals surface area (Å²) in [6, 6.07) is 12.3. The molecular weight excluding hydrogens is 628 g/mol. The van der Waals surface area contributed by atoms with E-state index in [1.165, 1.54) is 41.2 Å². The van der Waals surface area contributed by atoms with Crippen molar-refractivity contribution < 1.29 is 40.6 Å². The molecule has 0 amide bonds. The summed E-state index contributed by atoms with van der Waals surface area (Å²) in [7, 11) is -4.55. The molecule has 0 fully saturated rings. The van der Waals surface area contributed by atoms with Gasteiger partial charge in [0.2, 0.25) is 0 Å². The van der Waals surface area contributed by atoms with E-state index in [1.807, 2.05) is 0 Å². The Morgan fingerprint density at radius 1 is 1.16 bits per heavy atom. The molecule has 1 aliphatic rings. The summed E-state index contributed by atoms with van der Waals surface area (Å²) in [4.78, 5) is 10.6. The highest BCUT2D eigenvalue weighted by atomic mass is 35.5. The van der Waals surface area contributed by atoms with Gasteiger partial charge in [0, 0.05) is 18.5 Å². The van der Waals surface area contributed by atoms with Crippen molar-refractivity contribution in [1.29, 1.82) is 0 Å². The van der Waals surface area contributed by atoms with Crippen molar-refractivity contribution in [1.82, 2.24) is 15.0 Å². The molecule has 1 aromatic heterocycles. The van der Waals surface area contributed by atoms with Crippen molar-refractivity contribution in [2.45, 2.75) is 37.1 Å². The molecule has 0 aliphatic carbocycles. The Balaban J connectivity index is 1.53. The number of carboxylic acids is 1. The third-order valence-corrected chi connectivity index (χ3v) is 8.93. The fraction of sp³-hybridized carbons (Fsp3) is 0.207. The van der Waals surface area contributed by atoms with Crippen molar-refractivity contribution in [2.24, 2.45) is 0 Å². The van der Waals surface area contributed by atoms with Crippen LogP contribution in [-0.4, -0.2) is 47.1 Å². The van der Waals surface area contributed by atoms with E-state index >= 15 is 0 Å². The molecule has 0 radical (unpaired) electrons. The number of carbonyl (C=O) groups is 1. The Bertz CT molecular complexity index is 1860. The van der Waals surface area contributed by atoms with E-state index in [-0.39, 0.29) is 47.2 Å². The quantitative estimate of drug-likeness (QED) is 0.174. The topological polar surface area (TPSA) is 115 Å². The molecule has 44 heavy (non-hydrogen) atoms. The van der Waals surface area contributed by atoms with Crippen molar-refractivity contribution >= 4 is 44.9 Å². The fourth-order valence-electron chi connectivity index (χ4n) is 4.74. The van der Waals surface area contributed by atoms with Crippen LogP contribution >= 0.6 is 11.6 Å². The second kappa shape index (κ2) is 11.9. The van der Waals surface area contributed by atoms with Gasteiger partial charge < -0.3 is 9.84 Å². The van der Waals surface area contributed by atoms with Crippen LogP contribution in [0.3, 0.4) is 0 Å². The number of benzene rings is 3. The first kappa shape index (κ1) is 31.0. The van der Waals surface area contributed by atoms with Gasteiger partial charge in [0.05, 0.1) is 33.9 Å². The summed E-state index contributed by atoms with van der Waals surface area (Å²) in [6.45, 7) is 1.46. The minimum Gasteiger partial charge on any atom is -0.486 e. The molecule has 0 spiro atoms. The van der Waals surface area contributed by atoms with Crippen LogP contribution in [0.5, 0.6) is 5.75 Å². The molecule has 4 aromatic rings. The van der Waals surface area contributed by atoms with Crippen LogP contribution in [0.2, 0.25) is 5.02 Å². The molecule has 0 bridgehead atoms. The average molecular weight is 651 g/mol. The van der Waals surface area contributed by atoms with Gasteiger partial charge in [0.15, 0.2) is 5.69 Å². The molecule has 1 aliphatic heterocycles. The molecule has 3 aromatic carbocycles. The van der Waals surface area contributed by atoms with Gasteiger partial charge in [-0.25, -0.2) is 17.6 Å². The van der Waals surface area contributed by atoms with Crippen LogP contribution in [0.15, 0.2) is 71.8 Å². The first-order valence-corrected chi connectivity index (χ1v) is 14.8. The van der Waals surface area contributed by atoms with E-state index < -0.39 is 44.5 Å². The number of carboxylic acid groups (broad SMARTS) is 1. The maximum absolute atomic E-state index is 14.5. The third kappa shape index (κ3) is 6.40. The number of fused-ring (bicyclic) bond motifs is 1. The predicted molar refractivity (Wildman–Crippen MR) is 153 cm³/mol. The molecule has 1 N–H and O–H groups in total. The number of aryl methyl sites for hydroxylation is 1. The highest BCUT2D eigenvalue weighted by molar-refractivity contribution is 7.92. The van der Waals surface area contributed by atoms with Crippen LogP contribution in [0.1, 0.15) is 40.5 Å². The number of nitrogens with zero attached hydrogens (tertiary/aromatic N) is 4. The number of hydrogen-bond acceptors (Lipinski definition) is 6. The van der Waals surface area contributed by atoms with Crippen molar-refractivity contribution in [3.8, 4) is 5.75 Å². The average Bonchev–Trinajstić information content (AvgIpc) is 3.45. The number of ether oxygens (including phenoxy) is 1. The molecule has 9 nitrogen and oxygen atoms in total. The van der Waals surface area contributed by atoms with E-state index in [0.29, 0.717) is 17.2 Å². The number of alkyl halides is 3. The smallest absolute Gasteiger partial charge is 0.416 e. The minimum absolute atomic E-state index is 0.0637. The van der Waals surface area contributed by atoms with Crippen LogP contribution in [0.4, 0.5) is 23.2 Å². The lowest BCUT2D eigenvalue weighted by Crippen LogP contribution is -2.44. The van der Waals surface area contributed by atoms with Gasteiger partial charge in [-0.15, -0.1) is 5.10 Å². The summed E-state index contributed by atoms with van der Waals surface area (Å²) >= 11 is 6.20. The first-order valence-electron chi connectivity index (χ1n) is 13.0. The largest absolute Gasteiger partial charge is 0.486 e. The maximum Gasteiger partial charge on any atom is 0.416 e. The van der Waals surface area contributed by atoms with Crippen LogP contribution in [0.25, 0.3) is 11.6 Å². The number of aromatic carboxylic acids is 1. The van der Waals surface area contributed by atoms with E-state index in [9.17, 15) is 30.8 Å². The van der Waals surface area contributed by atoms with Gasteiger partial charge in [-0.2, -0.15) is 13.2 Å². The summed E-state index contributed by atoms with van der Waals surface area (Å²) in [5, 5.41) is 16.5. The van der Waals surface area contributed by atoms with Gasteiger partial charge >= 0.3 is 12.1 Å². The zero-order chi connectivity index (χ0) is 31.8. The van der Waals surface area contributed by atoms with Crippen LogP contribution < -0.4 is 9.04 Å². The van der Waals surface area contributed by atoms with Gasteiger partial charge in [0.1, 0.15) is 17.7 Å².